The number of amides is 1. The summed E-state index contributed by atoms with van der Waals surface area (Å²) in [7, 11) is 1.29. The van der Waals surface area contributed by atoms with Gasteiger partial charge in [0.15, 0.2) is 0 Å². The fraction of sp³-hybridized carbons (Fsp3) is 0.857. The van der Waals surface area contributed by atoms with Crippen LogP contribution in [0.4, 0.5) is 4.79 Å². The van der Waals surface area contributed by atoms with E-state index in [4.69, 9.17) is 5.11 Å². The number of alkyl carbamates (subject to hydrolysis) is 1. The van der Waals surface area contributed by atoms with E-state index in [9.17, 15) is 4.79 Å². The van der Waals surface area contributed by atoms with Crippen molar-refractivity contribution in [2.75, 3.05) is 13.7 Å². The van der Waals surface area contributed by atoms with Crippen LogP contribution in [0.25, 0.3) is 0 Å². The lowest BCUT2D eigenvalue weighted by atomic mass is 10.2. The molecular weight excluding hydrogens is 146 g/mol. The van der Waals surface area contributed by atoms with Crippen molar-refractivity contribution < 1.29 is 14.6 Å². The smallest absolute Gasteiger partial charge is 0.406 e. The summed E-state index contributed by atoms with van der Waals surface area (Å²) in [6.07, 6.45) is 0.646. The average molecular weight is 161 g/mol. The minimum absolute atomic E-state index is 0.264. The zero-order valence-electron chi connectivity index (χ0n) is 6.96. The van der Waals surface area contributed by atoms with Gasteiger partial charge in [0, 0.05) is 6.54 Å². The molecule has 0 aliphatic heterocycles. The summed E-state index contributed by atoms with van der Waals surface area (Å²) in [6, 6.07) is 0. The Labute approximate surface area is 66.5 Å². The van der Waals surface area contributed by atoms with Crippen LogP contribution in [0.5, 0.6) is 0 Å². The molecule has 0 saturated heterocycles. The van der Waals surface area contributed by atoms with Crippen LogP contribution in [-0.2, 0) is 4.74 Å². The third-order valence-electron chi connectivity index (χ3n) is 1.29. The first-order chi connectivity index (χ1) is 5.20. The van der Waals surface area contributed by atoms with Crippen LogP contribution >= 0.6 is 0 Å². The van der Waals surface area contributed by atoms with Crippen LogP contribution in [0.1, 0.15) is 19.8 Å². The highest BCUT2D eigenvalue weighted by Gasteiger charge is 2.04. The second kappa shape index (κ2) is 5.97. The lowest BCUT2D eigenvalue weighted by Crippen LogP contribution is -2.31. The average Bonchev–Trinajstić information content (AvgIpc) is 2.01. The molecule has 0 fully saturated rings. The summed E-state index contributed by atoms with van der Waals surface area (Å²) >= 11 is 0. The molecule has 1 amide bonds. The van der Waals surface area contributed by atoms with Gasteiger partial charge in [0.1, 0.15) is 0 Å². The SMILES string of the molecule is CCCC(O)CNC(=O)OC. The van der Waals surface area contributed by atoms with E-state index < -0.39 is 12.2 Å². The Balaban J connectivity index is 3.29. The molecule has 4 heteroatoms. The van der Waals surface area contributed by atoms with E-state index in [0.717, 1.165) is 6.42 Å². The molecule has 0 bridgehead atoms. The molecule has 0 aromatic rings. The highest BCUT2D eigenvalue weighted by Crippen LogP contribution is 1.93. The van der Waals surface area contributed by atoms with Gasteiger partial charge in [-0.2, -0.15) is 0 Å². The molecule has 2 N–H and O–H groups in total. The number of rotatable bonds is 4. The predicted molar refractivity (Wildman–Crippen MR) is 41.3 cm³/mol. The van der Waals surface area contributed by atoms with Crippen molar-refractivity contribution in [3.8, 4) is 0 Å². The molecule has 0 spiro atoms. The standard InChI is InChI=1S/C7H15NO3/c1-3-4-6(9)5-8-7(10)11-2/h6,9H,3-5H2,1-2H3,(H,8,10). The molecular formula is C7H15NO3. The predicted octanol–water partition coefficient (Wildman–Crippen LogP) is 0.503. The van der Waals surface area contributed by atoms with Gasteiger partial charge in [-0.1, -0.05) is 13.3 Å². The fourth-order valence-electron chi connectivity index (χ4n) is 0.709. The Hall–Kier alpha value is -0.770. The molecule has 0 radical (unpaired) electrons. The van der Waals surface area contributed by atoms with Crippen molar-refractivity contribution in [2.24, 2.45) is 0 Å². The normalized spacial score (nSPS) is 12.3. The van der Waals surface area contributed by atoms with Gasteiger partial charge >= 0.3 is 6.09 Å². The monoisotopic (exact) mass is 161 g/mol. The minimum Gasteiger partial charge on any atom is -0.453 e. The maximum Gasteiger partial charge on any atom is 0.406 e. The van der Waals surface area contributed by atoms with E-state index in [1.165, 1.54) is 7.11 Å². The second-order valence-corrected chi connectivity index (χ2v) is 2.31. The second-order valence-electron chi connectivity index (χ2n) is 2.31. The first-order valence-corrected chi connectivity index (χ1v) is 3.70. The molecule has 0 aliphatic rings. The van der Waals surface area contributed by atoms with Gasteiger partial charge in [-0.25, -0.2) is 4.79 Å². The van der Waals surface area contributed by atoms with Crippen molar-refractivity contribution in [1.82, 2.24) is 5.32 Å². The third kappa shape index (κ3) is 5.66. The van der Waals surface area contributed by atoms with Gasteiger partial charge in [0.2, 0.25) is 0 Å². The number of methoxy groups -OCH3 is 1. The summed E-state index contributed by atoms with van der Waals surface area (Å²) in [5.41, 5.74) is 0. The maximum atomic E-state index is 10.5. The third-order valence-corrected chi connectivity index (χ3v) is 1.29. The first kappa shape index (κ1) is 10.2. The lowest BCUT2D eigenvalue weighted by Gasteiger charge is -2.08. The maximum absolute atomic E-state index is 10.5. The van der Waals surface area contributed by atoms with E-state index in [0.29, 0.717) is 6.42 Å². The molecule has 4 nitrogen and oxygen atoms in total. The van der Waals surface area contributed by atoms with Gasteiger partial charge in [0.05, 0.1) is 13.2 Å². The van der Waals surface area contributed by atoms with Crippen molar-refractivity contribution in [2.45, 2.75) is 25.9 Å². The van der Waals surface area contributed by atoms with Gasteiger partial charge < -0.3 is 15.2 Å². The summed E-state index contributed by atoms with van der Waals surface area (Å²) in [4.78, 5) is 10.5. The molecule has 1 atom stereocenters. The largest absolute Gasteiger partial charge is 0.453 e. The van der Waals surface area contributed by atoms with Gasteiger partial charge in [-0.15, -0.1) is 0 Å². The molecule has 0 aromatic carbocycles. The van der Waals surface area contributed by atoms with Crippen LogP contribution in [0.2, 0.25) is 0 Å². The Bertz CT molecular complexity index is 116. The quantitative estimate of drug-likeness (QED) is 0.631. The molecule has 0 aromatic heterocycles. The number of nitrogens with one attached hydrogen (secondary N) is 1. The highest BCUT2D eigenvalue weighted by atomic mass is 16.5. The van der Waals surface area contributed by atoms with E-state index in [2.05, 4.69) is 10.1 Å². The topological polar surface area (TPSA) is 58.6 Å². The molecule has 1 unspecified atom stereocenters. The van der Waals surface area contributed by atoms with E-state index in [1.807, 2.05) is 6.92 Å². The van der Waals surface area contributed by atoms with Crippen LogP contribution in [0.3, 0.4) is 0 Å². The Morgan fingerprint density at radius 2 is 2.36 bits per heavy atom. The zero-order chi connectivity index (χ0) is 8.69. The summed E-state index contributed by atoms with van der Waals surface area (Å²) in [6.45, 7) is 2.24. The molecule has 0 heterocycles. The number of carbonyl (C=O) groups excluding carboxylic acids is 1. The highest BCUT2D eigenvalue weighted by molar-refractivity contribution is 5.66. The number of carbonyl (C=O) groups is 1. The Morgan fingerprint density at radius 3 is 2.82 bits per heavy atom. The van der Waals surface area contributed by atoms with Gasteiger partial charge in [0.25, 0.3) is 0 Å². The summed E-state index contributed by atoms with van der Waals surface area (Å²) in [5.74, 6) is 0. The zero-order valence-corrected chi connectivity index (χ0v) is 6.96. The first-order valence-electron chi connectivity index (χ1n) is 3.70. The van der Waals surface area contributed by atoms with E-state index in [-0.39, 0.29) is 6.54 Å². The molecule has 0 aliphatic carbocycles. The molecule has 11 heavy (non-hydrogen) atoms. The lowest BCUT2D eigenvalue weighted by molar-refractivity contribution is 0.141. The van der Waals surface area contributed by atoms with Crippen LogP contribution in [-0.4, -0.2) is 31.0 Å². The van der Waals surface area contributed by atoms with Gasteiger partial charge in [-0.3, -0.25) is 0 Å². The van der Waals surface area contributed by atoms with Gasteiger partial charge in [-0.05, 0) is 6.42 Å². The van der Waals surface area contributed by atoms with Crippen molar-refractivity contribution >= 4 is 6.09 Å². The van der Waals surface area contributed by atoms with Crippen molar-refractivity contribution in [3.63, 3.8) is 0 Å². The van der Waals surface area contributed by atoms with Crippen molar-refractivity contribution in [1.29, 1.82) is 0 Å². The van der Waals surface area contributed by atoms with Crippen LogP contribution in [0.15, 0.2) is 0 Å². The molecule has 0 rings (SSSR count). The Morgan fingerprint density at radius 1 is 1.73 bits per heavy atom. The van der Waals surface area contributed by atoms with E-state index >= 15 is 0 Å². The Kier molecular flexibility index (Phi) is 5.56. The van der Waals surface area contributed by atoms with Crippen LogP contribution < -0.4 is 5.32 Å². The molecule has 66 valence electrons. The number of hydrogen-bond acceptors (Lipinski definition) is 3. The minimum atomic E-state index is -0.500. The summed E-state index contributed by atoms with van der Waals surface area (Å²) in [5, 5.41) is 11.5. The summed E-state index contributed by atoms with van der Waals surface area (Å²) < 4.78 is 4.32. The number of hydrogen-bond donors (Lipinski definition) is 2. The number of aliphatic hydroxyl groups excluding tert-OH is 1. The number of aliphatic hydroxyl groups is 1. The number of ether oxygens (including phenoxy) is 1. The van der Waals surface area contributed by atoms with E-state index in [1.54, 1.807) is 0 Å². The fourth-order valence-corrected chi connectivity index (χ4v) is 0.709. The molecule has 0 saturated carbocycles. The van der Waals surface area contributed by atoms with Crippen molar-refractivity contribution in [3.05, 3.63) is 0 Å². The van der Waals surface area contributed by atoms with Crippen LogP contribution in [0, 0.1) is 0 Å².